The highest BCUT2D eigenvalue weighted by molar-refractivity contribution is 6.36. The van der Waals surface area contributed by atoms with Crippen molar-refractivity contribution in [3.63, 3.8) is 0 Å². The van der Waals surface area contributed by atoms with Gasteiger partial charge in [-0.25, -0.2) is 0 Å². The average Bonchev–Trinajstić information content (AvgIpc) is 3.00. The number of hydrogen-bond donors (Lipinski definition) is 1. The normalized spacial score (nSPS) is 17.3. The number of amides is 1. The van der Waals surface area contributed by atoms with Gasteiger partial charge in [-0.15, -0.1) is 0 Å². The van der Waals surface area contributed by atoms with Crippen molar-refractivity contribution in [1.29, 1.82) is 0 Å². The standard InChI is InChI=1S/C18H18Cl2N2O/c19-16-7-4-8-17(20)15(16)11-18(23)22-10-9-14(12-22)21-13-5-2-1-3-6-13/h1-8,14,21H,9-12H2. The summed E-state index contributed by atoms with van der Waals surface area (Å²) in [4.78, 5) is 14.4. The molecular formula is C18H18Cl2N2O. The molecule has 3 rings (SSSR count). The zero-order valence-electron chi connectivity index (χ0n) is 12.6. The van der Waals surface area contributed by atoms with Gasteiger partial charge in [0.15, 0.2) is 0 Å². The summed E-state index contributed by atoms with van der Waals surface area (Å²) < 4.78 is 0. The van der Waals surface area contributed by atoms with Crippen molar-refractivity contribution in [3.05, 3.63) is 64.1 Å². The van der Waals surface area contributed by atoms with Gasteiger partial charge in [0.2, 0.25) is 5.91 Å². The van der Waals surface area contributed by atoms with Crippen LogP contribution < -0.4 is 5.32 Å². The number of carbonyl (C=O) groups excluding carboxylic acids is 1. The van der Waals surface area contributed by atoms with E-state index in [1.165, 1.54) is 0 Å². The van der Waals surface area contributed by atoms with Crippen LogP contribution in [0, 0.1) is 0 Å². The highest BCUT2D eigenvalue weighted by atomic mass is 35.5. The van der Waals surface area contributed by atoms with Gasteiger partial charge in [-0.05, 0) is 36.2 Å². The van der Waals surface area contributed by atoms with Crippen molar-refractivity contribution in [1.82, 2.24) is 4.90 Å². The number of halogens is 2. The third kappa shape index (κ3) is 3.98. The molecule has 1 amide bonds. The number of carbonyl (C=O) groups is 1. The monoisotopic (exact) mass is 348 g/mol. The van der Waals surface area contributed by atoms with E-state index in [0.717, 1.165) is 18.7 Å². The molecule has 120 valence electrons. The number of para-hydroxylation sites is 1. The molecule has 1 atom stereocenters. The maximum Gasteiger partial charge on any atom is 0.227 e. The van der Waals surface area contributed by atoms with Crippen LogP contribution in [0.4, 0.5) is 5.69 Å². The van der Waals surface area contributed by atoms with E-state index < -0.39 is 0 Å². The fourth-order valence-corrected chi connectivity index (χ4v) is 3.37. The molecule has 1 N–H and O–H groups in total. The third-order valence-electron chi connectivity index (χ3n) is 4.08. The van der Waals surface area contributed by atoms with Crippen LogP contribution in [-0.4, -0.2) is 29.9 Å². The van der Waals surface area contributed by atoms with Crippen LogP contribution in [0.2, 0.25) is 10.0 Å². The van der Waals surface area contributed by atoms with Crippen LogP contribution >= 0.6 is 23.2 Å². The van der Waals surface area contributed by atoms with Gasteiger partial charge in [-0.3, -0.25) is 4.79 Å². The highest BCUT2D eigenvalue weighted by Crippen LogP contribution is 2.26. The second-order valence-corrected chi connectivity index (χ2v) is 6.53. The lowest BCUT2D eigenvalue weighted by Gasteiger charge is -2.18. The zero-order chi connectivity index (χ0) is 16.2. The Morgan fingerprint density at radius 3 is 2.48 bits per heavy atom. The zero-order valence-corrected chi connectivity index (χ0v) is 14.1. The Morgan fingerprint density at radius 2 is 1.78 bits per heavy atom. The van der Waals surface area contributed by atoms with Crippen molar-refractivity contribution in [3.8, 4) is 0 Å². The molecule has 2 aromatic rings. The summed E-state index contributed by atoms with van der Waals surface area (Å²) in [6.45, 7) is 1.46. The van der Waals surface area contributed by atoms with Gasteiger partial charge < -0.3 is 10.2 Å². The van der Waals surface area contributed by atoms with Gasteiger partial charge in [0, 0.05) is 34.9 Å². The Kier molecular flexibility index (Phi) is 5.09. The largest absolute Gasteiger partial charge is 0.380 e. The Bertz CT molecular complexity index is 670. The highest BCUT2D eigenvalue weighted by Gasteiger charge is 2.26. The molecule has 23 heavy (non-hydrogen) atoms. The molecule has 1 fully saturated rings. The first-order valence-electron chi connectivity index (χ1n) is 7.66. The van der Waals surface area contributed by atoms with Crippen molar-refractivity contribution in [2.24, 2.45) is 0 Å². The van der Waals surface area contributed by atoms with E-state index in [9.17, 15) is 4.79 Å². The Hall–Kier alpha value is -1.71. The molecule has 2 aromatic carbocycles. The van der Waals surface area contributed by atoms with Gasteiger partial charge in [0.1, 0.15) is 0 Å². The topological polar surface area (TPSA) is 32.3 Å². The molecule has 0 aliphatic carbocycles. The first-order chi connectivity index (χ1) is 11.1. The first kappa shape index (κ1) is 16.2. The van der Waals surface area contributed by atoms with E-state index in [4.69, 9.17) is 23.2 Å². The predicted molar refractivity (Wildman–Crippen MR) is 95.2 cm³/mol. The Balaban J connectivity index is 1.59. The van der Waals surface area contributed by atoms with E-state index >= 15 is 0 Å². The van der Waals surface area contributed by atoms with Crippen molar-refractivity contribution in [2.45, 2.75) is 18.9 Å². The third-order valence-corrected chi connectivity index (χ3v) is 4.78. The molecule has 1 aliphatic heterocycles. The number of benzene rings is 2. The predicted octanol–water partition coefficient (Wildman–Crippen LogP) is 4.25. The fraction of sp³-hybridized carbons (Fsp3) is 0.278. The van der Waals surface area contributed by atoms with Crippen LogP contribution in [0.5, 0.6) is 0 Å². The maximum atomic E-state index is 12.5. The van der Waals surface area contributed by atoms with Crippen molar-refractivity contribution < 1.29 is 4.79 Å². The van der Waals surface area contributed by atoms with Crippen LogP contribution in [0.25, 0.3) is 0 Å². The van der Waals surface area contributed by atoms with Gasteiger partial charge in [0.25, 0.3) is 0 Å². The van der Waals surface area contributed by atoms with Gasteiger partial charge in [-0.2, -0.15) is 0 Å². The van der Waals surface area contributed by atoms with Crippen LogP contribution in [-0.2, 0) is 11.2 Å². The van der Waals surface area contributed by atoms with Crippen molar-refractivity contribution >= 4 is 34.8 Å². The summed E-state index contributed by atoms with van der Waals surface area (Å²) in [5.74, 6) is 0.0670. The van der Waals surface area contributed by atoms with E-state index in [1.807, 2.05) is 35.2 Å². The number of nitrogens with zero attached hydrogens (tertiary/aromatic N) is 1. The van der Waals surface area contributed by atoms with Crippen LogP contribution in [0.15, 0.2) is 48.5 Å². The van der Waals surface area contributed by atoms with E-state index in [2.05, 4.69) is 5.32 Å². The second kappa shape index (κ2) is 7.24. The number of likely N-dealkylation sites (tertiary alicyclic amines) is 1. The molecule has 1 heterocycles. The molecule has 0 spiro atoms. The number of anilines is 1. The SMILES string of the molecule is O=C(Cc1c(Cl)cccc1Cl)N1CCC(Nc2ccccc2)C1. The molecular weight excluding hydrogens is 331 g/mol. The van der Waals surface area contributed by atoms with E-state index in [-0.39, 0.29) is 18.4 Å². The Labute approximate surface area is 146 Å². The molecule has 0 saturated carbocycles. The molecule has 1 aliphatic rings. The minimum atomic E-state index is 0.0670. The smallest absolute Gasteiger partial charge is 0.227 e. The summed E-state index contributed by atoms with van der Waals surface area (Å²) in [5.41, 5.74) is 1.79. The lowest BCUT2D eigenvalue weighted by atomic mass is 10.1. The van der Waals surface area contributed by atoms with Gasteiger partial charge in [-0.1, -0.05) is 47.5 Å². The lowest BCUT2D eigenvalue weighted by molar-refractivity contribution is -0.129. The quantitative estimate of drug-likeness (QED) is 0.895. The molecule has 5 heteroatoms. The summed E-state index contributed by atoms with van der Waals surface area (Å²) in [6, 6.07) is 15.7. The number of rotatable bonds is 4. The fourth-order valence-electron chi connectivity index (χ4n) is 2.84. The molecule has 0 aromatic heterocycles. The van der Waals surface area contributed by atoms with Crippen LogP contribution in [0.3, 0.4) is 0 Å². The second-order valence-electron chi connectivity index (χ2n) is 5.71. The molecule has 1 saturated heterocycles. The number of nitrogens with one attached hydrogen (secondary N) is 1. The minimum absolute atomic E-state index is 0.0670. The molecule has 3 nitrogen and oxygen atoms in total. The summed E-state index contributed by atoms with van der Waals surface area (Å²) in [7, 11) is 0. The van der Waals surface area contributed by atoms with Crippen molar-refractivity contribution in [2.75, 3.05) is 18.4 Å². The summed E-state index contributed by atoms with van der Waals surface area (Å²) in [6.07, 6.45) is 1.19. The lowest BCUT2D eigenvalue weighted by Crippen LogP contribution is -2.32. The molecule has 1 unspecified atom stereocenters. The molecule has 0 bridgehead atoms. The van der Waals surface area contributed by atoms with E-state index in [1.54, 1.807) is 18.2 Å². The molecule has 0 radical (unpaired) electrons. The van der Waals surface area contributed by atoms with Gasteiger partial charge >= 0.3 is 0 Å². The summed E-state index contributed by atoms with van der Waals surface area (Å²) in [5, 5.41) is 4.56. The summed E-state index contributed by atoms with van der Waals surface area (Å²) >= 11 is 12.3. The maximum absolute atomic E-state index is 12.5. The number of hydrogen-bond acceptors (Lipinski definition) is 2. The Morgan fingerprint density at radius 1 is 1.09 bits per heavy atom. The average molecular weight is 349 g/mol. The van der Waals surface area contributed by atoms with Crippen LogP contribution in [0.1, 0.15) is 12.0 Å². The van der Waals surface area contributed by atoms with E-state index in [0.29, 0.717) is 22.2 Å². The van der Waals surface area contributed by atoms with Gasteiger partial charge in [0.05, 0.1) is 6.42 Å². The minimum Gasteiger partial charge on any atom is -0.380 e. The first-order valence-corrected chi connectivity index (χ1v) is 8.41.